The average molecular weight is 265 g/mol. The van der Waals surface area contributed by atoms with Crippen LogP contribution in [0.5, 0.6) is 0 Å². The van der Waals surface area contributed by atoms with Gasteiger partial charge in [-0.3, -0.25) is 0 Å². The van der Waals surface area contributed by atoms with Crippen molar-refractivity contribution in [1.29, 1.82) is 5.41 Å². The summed E-state index contributed by atoms with van der Waals surface area (Å²) in [7, 11) is 0. The minimum Gasteiger partial charge on any atom is -0.489 e. The number of aryl methyl sites for hydroxylation is 1. The first-order valence-electron chi connectivity index (χ1n) is 6.69. The third-order valence-electron chi connectivity index (χ3n) is 2.98. The first-order chi connectivity index (χ1) is 9.69. The zero-order valence-electron chi connectivity index (χ0n) is 11.9. The van der Waals surface area contributed by atoms with Gasteiger partial charge in [-0.1, -0.05) is 48.1 Å². The molecule has 0 radical (unpaired) electrons. The molecule has 0 saturated heterocycles. The Kier molecular flexibility index (Phi) is 4.72. The molecule has 0 unspecified atom stereocenters. The largest absolute Gasteiger partial charge is 0.489 e. The fourth-order valence-electron chi connectivity index (χ4n) is 1.94. The lowest BCUT2D eigenvalue weighted by molar-refractivity contribution is 0.211. The van der Waals surface area contributed by atoms with Crippen LogP contribution < -0.4 is 0 Å². The van der Waals surface area contributed by atoms with Gasteiger partial charge in [0.15, 0.2) is 0 Å². The maximum absolute atomic E-state index is 7.85. The van der Waals surface area contributed by atoms with Crippen LogP contribution in [0.2, 0.25) is 0 Å². The molecular weight excluding hydrogens is 246 g/mol. The molecular formula is C18H19NO. The maximum Gasteiger partial charge on any atom is 0.120 e. The van der Waals surface area contributed by atoms with E-state index in [2.05, 4.69) is 25.1 Å². The topological polar surface area (TPSA) is 33.1 Å². The van der Waals surface area contributed by atoms with E-state index in [-0.39, 0.29) is 0 Å². The molecule has 102 valence electrons. The van der Waals surface area contributed by atoms with Gasteiger partial charge in [0.25, 0.3) is 0 Å². The minimum absolute atomic E-state index is 0.506. The van der Waals surface area contributed by atoms with E-state index in [1.807, 2.05) is 43.4 Å². The molecule has 0 aliphatic heterocycles. The van der Waals surface area contributed by atoms with E-state index in [4.69, 9.17) is 10.1 Å². The number of benzene rings is 1. The van der Waals surface area contributed by atoms with Crippen LogP contribution in [-0.4, -0.2) is 5.71 Å². The highest BCUT2D eigenvalue weighted by molar-refractivity contribution is 6.09. The van der Waals surface area contributed by atoms with Gasteiger partial charge in [0.05, 0.1) is 5.71 Å². The highest BCUT2D eigenvalue weighted by Gasteiger charge is 2.07. The fraction of sp³-hybridized carbons (Fsp3) is 0.167. The molecule has 0 atom stereocenters. The Labute approximate surface area is 120 Å². The summed E-state index contributed by atoms with van der Waals surface area (Å²) in [6, 6.07) is 8.28. The molecule has 1 aromatic rings. The van der Waals surface area contributed by atoms with Crippen molar-refractivity contribution < 1.29 is 4.74 Å². The van der Waals surface area contributed by atoms with Gasteiger partial charge in [-0.25, -0.2) is 0 Å². The highest BCUT2D eigenvalue weighted by Crippen LogP contribution is 2.16. The fourth-order valence-corrected chi connectivity index (χ4v) is 1.94. The van der Waals surface area contributed by atoms with E-state index in [1.54, 1.807) is 6.08 Å². The normalized spacial score (nSPS) is 16.8. The summed E-state index contributed by atoms with van der Waals surface area (Å²) < 4.78 is 5.80. The third-order valence-corrected chi connectivity index (χ3v) is 2.98. The van der Waals surface area contributed by atoms with E-state index in [0.29, 0.717) is 12.3 Å². The summed E-state index contributed by atoms with van der Waals surface area (Å²) >= 11 is 0. The Morgan fingerprint density at radius 2 is 2.10 bits per heavy atom. The van der Waals surface area contributed by atoms with E-state index >= 15 is 0 Å². The number of hydrogen-bond acceptors (Lipinski definition) is 2. The Morgan fingerprint density at radius 1 is 1.25 bits per heavy atom. The third kappa shape index (κ3) is 3.82. The minimum atomic E-state index is 0.506. The second-order valence-corrected chi connectivity index (χ2v) is 4.72. The van der Waals surface area contributed by atoms with E-state index in [0.717, 1.165) is 16.9 Å². The Balaban J connectivity index is 2.06. The van der Waals surface area contributed by atoms with E-state index < -0.39 is 0 Å². The molecule has 0 aromatic heterocycles. The summed E-state index contributed by atoms with van der Waals surface area (Å²) in [5.74, 6) is 0.790. The summed E-state index contributed by atoms with van der Waals surface area (Å²) in [4.78, 5) is 0. The standard InChI is InChI=1S/C18H19NO/c1-3-4-8-16-12-17(9-10-18(16)19)20-13-15-7-5-6-14(2)11-15/h3-12,19H,13H2,1-2H3/b4-3-,16-8-,19-18?. The first kappa shape index (κ1) is 14.1. The lowest BCUT2D eigenvalue weighted by Gasteiger charge is -2.12. The van der Waals surface area contributed by atoms with Crippen molar-refractivity contribution in [2.75, 3.05) is 0 Å². The smallest absolute Gasteiger partial charge is 0.120 e. The summed E-state index contributed by atoms with van der Waals surface area (Å²) in [6.45, 7) is 4.57. The quantitative estimate of drug-likeness (QED) is 0.855. The highest BCUT2D eigenvalue weighted by atomic mass is 16.5. The van der Waals surface area contributed by atoms with Gasteiger partial charge in [0.1, 0.15) is 12.4 Å². The summed E-state index contributed by atoms with van der Waals surface area (Å²) in [5, 5.41) is 7.85. The van der Waals surface area contributed by atoms with Crippen molar-refractivity contribution in [3.05, 3.63) is 83.2 Å². The van der Waals surface area contributed by atoms with Gasteiger partial charge in [-0.2, -0.15) is 0 Å². The molecule has 0 amide bonds. The number of nitrogens with one attached hydrogen (secondary N) is 1. The molecule has 1 aliphatic rings. The van der Waals surface area contributed by atoms with Gasteiger partial charge in [-0.05, 0) is 37.6 Å². The molecule has 0 spiro atoms. The maximum atomic E-state index is 7.85. The predicted molar refractivity (Wildman–Crippen MR) is 83.8 cm³/mol. The van der Waals surface area contributed by atoms with Gasteiger partial charge < -0.3 is 10.1 Å². The van der Waals surface area contributed by atoms with Crippen molar-refractivity contribution in [2.45, 2.75) is 20.5 Å². The van der Waals surface area contributed by atoms with E-state index in [9.17, 15) is 0 Å². The van der Waals surface area contributed by atoms with Gasteiger partial charge in [0, 0.05) is 5.57 Å². The molecule has 1 aromatic carbocycles. The molecule has 2 nitrogen and oxygen atoms in total. The first-order valence-corrected chi connectivity index (χ1v) is 6.69. The molecule has 0 saturated carbocycles. The molecule has 0 fully saturated rings. The molecule has 20 heavy (non-hydrogen) atoms. The summed E-state index contributed by atoms with van der Waals surface area (Å²) in [5.41, 5.74) is 3.75. The van der Waals surface area contributed by atoms with Crippen LogP contribution >= 0.6 is 0 Å². The Morgan fingerprint density at radius 3 is 2.85 bits per heavy atom. The number of rotatable bonds is 4. The van der Waals surface area contributed by atoms with Crippen molar-refractivity contribution in [1.82, 2.24) is 0 Å². The van der Waals surface area contributed by atoms with Crippen molar-refractivity contribution >= 4 is 5.71 Å². The van der Waals surface area contributed by atoms with Crippen LogP contribution in [0.3, 0.4) is 0 Å². The molecule has 2 rings (SSSR count). The number of hydrogen-bond donors (Lipinski definition) is 1. The van der Waals surface area contributed by atoms with Gasteiger partial charge >= 0.3 is 0 Å². The van der Waals surface area contributed by atoms with Crippen LogP contribution in [0.4, 0.5) is 0 Å². The van der Waals surface area contributed by atoms with Crippen molar-refractivity contribution in [3.63, 3.8) is 0 Å². The Hall–Kier alpha value is -2.35. The molecule has 2 heteroatoms. The second kappa shape index (κ2) is 6.71. The molecule has 1 aliphatic carbocycles. The van der Waals surface area contributed by atoms with Crippen molar-refractivity contribution in [3.8, 4) is 0 Å². The van der Waals surface area contributed by atoms with Crippen LogP contribution in [-0.2, 0) is 11.3 Å². The Bertz CT molecular complexity index is 618. The number of allylic oxidation sites excluding steroid dienone is 7. The predicted octanol–water partition coefficient (Wildman–Crippen LogP) is 4.49. The molecule has 0 heterocycles. The zero-order valence-corrected chi connectivity index (χ0v) is 11.9. The lowest BCUT2D eigenvalue weighted by atomic mass is 10.0. The monoisotopic (exact) mass is 265 g/mol. The van der Waals surface area contributed by atoms with Crippen LogP contribution in [0.1, 0.15) is 18.1 Å². The summed E-state index contributed by atoms with van der Waals surface area (Å²) in [6.07, 6.45) is 11.3. The van der Waals surface area contributed by atoms with Crippen molar-refractivity contribution in [2.24, 2.45) is 0 Å². The lowest BCUT2D eigenvalue weighted by Crippen LogP contribution is -2.03. The average Bonchev–Trinajstić information content (AvgIpc) is 2.45. The van der Waals surface area contributed by atoms with Crippen LogP contribution in [0, 0.1) is 12.3 Å². The van der Waals surface area contributed by atoms with Gasteiger partial charge in [-0.15, -0.1) is 0 Å². The van der Waals surface area contributed by atoms with Gasteiger partial charge in [0.2, 0.25) is 0 Å². The van der Waals surface area contributed by atoms with E-state index in [1.165, 1.54) is 5.56 Å². The molecule has 1 N–H and O–H groups in total. The van der Waals surface area contributed by atoms with Crippen LogP contribution in [0.15, 0.2) is 72.1 Å². The van der Waals surface area contributed by atoms with Crippen LogP contribution in [0.25, 0.3) is 0 Å². The number of ether oxygens (including phenoxy) is 1. The second-order valence-electron chi connectivity index (χ2n) is 4.72. The zero-order chi connectivity index (χ0) is 14.4. The molecule has 0 bridgehead atoms. The SMILES string of the molecule is C/C=C\C=C1\C=C(OCc2cccc(C)c2)C=CC1=N.